The number of hydrogen-bond donors (Lipinski definition) is 0. The molecule has 1 aliphatic carbocycles. The normalized spacial score (nSPS) is 22.2. The molecule has 0 saturated carbocycles. The molecule has 2 atom stereocenters. The Morgan fingerprint density at radius 2 is 2.21 bits per heavy atom. The molecule has 2 unspecified atom stereocenters. The monoisotopic (exact) mass is 318 g/mol. The van der Waals surface area contributed by atoms with E-state index in [2.05, 4.69) is 51.5 Å². The van der Waals surface area contributed by atoms with E-state index in [0.29, 0.717) is 4.83 Å². The Labute approximate surface area is 123 Å². The molecule has 19 heavy (non-hydrogen) atoms. The number of aryl methyl sites for hydroxylation is 3. The van der Waals surface area contributed by atoms with Crippen molar-refractivity contribution in [3.63, 3.8) is 0 Å². The van der Waals surface area contributed by atoms with Crippen LogP contribution in [0.15, 0.2) is 36.7 Å². The van der Waals surface area contributed by atoms with Crippen LogP contribution in [-0.4, -0.2) is 9.78 Å². The van der Waals surface area contributed by atoms with Gasteiger partial charge < -0.3 is 0 Å². The zero-order valence-electron chi connectivity index (χ0n) is 11.2. The summed E-state index contributed by atoms with van der Waals surface area (Å²) >= 11 is 3.91. The van der Waals surface area contributed by atoms with Crippen LogP contribution in [0.3, 0.4) is 0 Å². The van der Waals surface area contributed by atoms with E-state index in [4.69, 9.17) is 0 Å². The van der Waals surface area contributed by atoms with Crippen LogP contribution in [0.5, 0.6) is 0 Å². The first kappa shape index (κ1) is 12.9. The van der Waals surface area contributed by atoms with Gasteiger partial charge in [-0.3, -0.25) is 4.68 Å². The van der Waals surface area contributed by atoms with Gasteiger partial charge in [-0.2, -0.15) is 5.10 Å². The van der Waals surface area contributed by atoms with Gasteiger partial charge >= 0.3 is 0 Å². The molecule has 0 radical (unpaired) electrons. The average Bonchev–Trinajstić information content (AvgIpc) is 2.84. The third-order valence-electron chi connectivity index (χ3n) is 4.11. The fraction of sp³-hybridized carbons (Fsp3) is 0.438. The van der Waals surface area contributed by atoms with Crippen LogP contribution in [0.25, 0.3) is 0 Å². The van der Waals surface area contributed by atoms with E-state index in [1.54, 1.807) is 0 Å². The van der Waals surface area contributed by atoms with Crippen molar-refractivity contribution in [3.8, 4) is 0 Å². The lowest BCUT2D eigenvalue weighted by Crippen LogP contribution is -2.17. The number of fused-ring (bicyclic) bond motifs is 1. The van der Waals surface area contributed by atoms with Crippen LogP contribution in [-0.2, 0) is 19.9 Å². The highest BCUT2D eigenvalue weighted by Gasteiger charge is 2.26. The summed E-state index contributed by atoms with van der Waals surface area (Å²) in [6.07, 6.45) is 8.97. The summed E-state index contributed by atoms with van der Waals surface area (Å²) in [5.41, 5.74) is 4.35. The van der Waals surface area contributed by atoms with Crippen molar-refractivity contribution >= 4 is 15.9 Å². The van der Waals surface area contributed by atoms with Crippen molar-refractivity contribution in [3.05, 3.63) is 53.3 Å². The van der Waals surface area contributed by atoms with Crippen LogP contribution in [0.2, 0.25) is 0 Å². The minimum Gasteiger partial charge on any atom is -0.276 e. The molecule has 1 aromatic heterocycles. The van der Waals surface area contributed by atoms with E-state index in [-0.39, 0.29) is 0 Å². The maximum absolute atomic E-state index is 4.24. The number of rotatable bonds is 3. The molecular formula is C16H19BrN2. The molecule has 3 heteroatoms. The number of halogens is 1. The van der Waals surface area contributed by atoms with Crippen LogP contribution in [0, 0.1) is 5.92 Å². The summed E-state index contributed by atoms with van der Waals surface area (Å²) in [6, 6.07) is 8.83. The van der Waals surface area contributed by atoms with E-state index in [0.717, 1.165) is 12.3 Å². The van der Waals surface area contributed by atoms with Gasteiger partial charge in [-0.15, -0.1) is 0 Å². The summed E-state index contributed by atoms with van der Waals surface area (Å²) in [5, 5.41) is 4.24. The third kappa shape index (κ3) is 2.76. The zero-order valence-corrected chi connectivity index (χ0v) is 12.8. The fourth-order valence-electron chi connectivity index (χ4n) is 3.02. The Morgan fingerprint density at radius 1 is 1.37 bits per heavy atom. The number of benzene rings is 1. The summed E-state index contributed by atoms with van der Waals surface area (Å²) in [6.45, 7) is 0. The lowest BCUT2D eigenvalue weighted by Gasteiger charge is -2.29. The molecule has 0 fully saturated rings. The Kier molecular flexibility index (Phi) is 3.74. The van der Waals surface area contributed by atoms with E-state index >= 15 is 0 Å². The smallest absolute Gasteiger partial charge is 0.0521 e. The van der Waals surface area contributed by atoms with Crippen LogP contribution in [0.4, 0.5) is 0 Å². The van der Waals surface area contributed by atoms with E-state index in [9.17, 15) is 0 Å². The molecule has 2 nitrogen and oxygen atoms in total. The first-order valence-corrected chi connectivity index (χ1v) is 7.85. The predicted octanol–water partition coefficient (Wildman–Crippen LogP) is 4.05. The van der Waals surface area contributed by atoms with E-state index < -0.39 is 0 Å². The molecule has 0 N–H and O–H groups in total. The standard InChI is InChI=1S/C16H19BrN2/c1-19-11-12(10-18-19)6-7-14-9-8-13-4-2-3-5-15(13)16(14)17/h2-5,10-11,14,16H,6-9H2,1H3. The first-order chi connectivity index (χ1) is 9.24. The van der Waals surface area contributed by atoms with E-state index in [1.165, 1.54) is 36.0 Å². The minimum atomic E-state index is 0.508. The lowest BCUT2D eigenvalue weighted by atomic mass is 9.81. The second-order valence-corrected chi connectivity index (χ2v) is 6.45. The maximum Gasteiger partial charge on any atom is 0.0521 e. The number of alkyl halides is 1. The molecule has 0 spiro atoms. The molecule has 100 valence electrons. The Bertz CT molecular complexity index is 561. The van der Waals surface area contributed by atoms with Gasteiger partial charge in [0.15, 0.2) is 0 Å². The van der Waals surface area contributed by atoms with Crippen LogP contribution >= 0.6 is 15.9 Å². The first-order valence-electron chi connectivity index (χ1n) is 6.93. The van der Waals surface area contributed by atoms with Crippen molar-refractivity contribution in [2.45, 2.75) is 30.5 Å². The quantitative estimate of drug-likeness (QED) is 0.781. The van der Waals surface area contributed by atoms with Gasteiger partial charge in [0.25, 0.3) is 0 Å². The SMILES string of the molecule is Cn1cc(CCC2CCc3ccccc3C2Br)cn1. The number of nitrogens with zero attached hydrogens (tertiary/aromatic N) is 2. The summed E-state index contributed by atoms with van der Waals surface area (Å²) < 4.78 is 1.89. The molecule has 3 rings (SSSR count). The number of aromatic nitrogens is 2. The summed E-state index contributed by atoms with van der Waals surface area (Å²) in [7, 11) is 1.98. The highest BCUT2D eigenvalue weighted by Crippen LogP contribution is 2.42. The molecule has 1 heterocycles. The van der Waals surface area contributed by atoms with Gasteiger partial charge in [0, 0.05) is 18.1 Å². The largest absolute Gasteiger partial charge is 0.276 e. The van der Waals surface area contributed by atoms with Gasteiger partial charge in [0.1, 0.15) is 0 Å². The Morgan fingerprint density at radius 3 is 3.00 bits per heavy atom. The van der Waals surface area contributed by atoms with Gasteiger partial charge in [0.2, 0.25) is 0 Å². The molecule has 0 saturated heterocycles. The zero-order chi connectivity index (χ0) is 13.2. The number of hydrogen-bond acceptors (Lipinski definition) is 1. The molecule has 0 bridgehead atoms. The van der Waals surface area contributed by atoms with Crippen LogP contribution < -0.4 is 0 Å². The van der Waals surface area contributed by atoms with E-state index in [1.807, 2.05) is 17.9 Å². The van der Waals surface area contributed by atoms with Crippen molar-refractivity contribution in [2.24, 2.45) is 13.0 Å². The topological polar surface area (TPSA) is 17.8 Å². The van der Waals surface area contributed by atoms with Gasteiger partial charge in [0.05, 0.1) is 6.20 Å². The summed E-state index contributed by atoms with van der Waals surface area (Å²) in [4.78, 5) is 0.508. The average molecular weight is 319 g/mol. The highest BCUT2D eigenvalue weighted by molar-refractivity contribution is 9.09. The maximum atomic E-state index is 4.24. The summed E-state index contributed by atoms with van der Waals surface area (Å²) in [5.74, 6) is 0.732. The van der Waals surface area contributed by atoms with Crippen LogP contribution in [0.1, 0.15) is 34.4 Å². The van der Waals surface area contributed by atoms with Gasteiger partial charge in [-0.05, 0) is 48.3 Å². The molecule has 1 aromatic carbocycles. The Balaban J connectivity index is 1.67. The lowest BCUT2D eigenvalue weighted by molar-refractivity contribution is 0.424. The minimum absolute atomic E-state index is 0.508. The second kappa shape index (κ2) is 5.49. The molecule has 2 aromatic rings. The highest BCUT2D eigenvalue weighted by atomic mass is 79.9. The molecule has 1 aliphatic rings. The van der Waals surface area contributed by atoms with Crippen molar-refractivity contribution in [1.29, 1.82) is 0 Å². The molecule has 0 amide bonds. The van der Waals surface area contributed by atoms with Crippen molar-refractivity contribution in [2.75, 3.05) is 0 Å². The third-order valence-corrected chi connectivity index (χ3v) is 5.35. The van der Waals surface area contributed by atoms with Gasteiger partial charge in [-0.25, -0.2) is 0 Å². The fourth-order valence-corrected chi connectivity index (χ4v) is 3.99. The molecular weight excluding hydrogens is 300 g/mol. The van der Waals surface area contributed by atoms with Crippen molar-refractivity contribution in [1.82, 2.24) is 9.78 Å². The predicted molar refractivity (Wildman–Crippen MR) is 81.5 cm³/mol. The Hall–Kier alpha value is -1.09. The van der Waals surface area contributed by atoms with Crippen molar-refractivity contribution < 1.29 is 0 Å². The molecule has 0 aliphatic heterocycles. The van der Waals surface area contributed by atoms with Gasteiger partial charge in [-0.1, -0.05) is 40.2 Å². The second-order valence-electron chi connectivity index (χ2n) is 5.46.